The molecule has 0 bridgehead atoms. The molecule has 2 rings (SSSR count). The molecule has 15 heavy (non-hydrogen) atoms. The fourth-order valence-electron chi connectivity index (χ4n) is 1.82. The maximum atomic E-state index is 11.6. The van der Waals surface area contributed by atoms with Crippen LogP contribution in [-0.4, -0.2) is 24.0 Å². The smallest absolute Gasteiger partial charge is 0.224 e. The van der Waals surface area contributed by atoms with E-state index in [0.717, 1.165) is 5.56 Å². The molecule has 1 saturated heterocycles. The van der Waals surface area contributed by atoms with Crippen molar-refractivity contribution in [1.29, 1.82) is 0 Å². The Hall–Kier alpha value is -1.35. The zero-order valence-electron chi connectivity index (χ0n) is 8.85. The van der Waals surface area contributed by atoms with Gasteiger partial charge < -0.3 is 9.64 Å². The molecule has 1 unspecified atom stereocenters. The molecule has 1 heterocycles. The van der Waals surface area contributed by atoms with Crippen molar-refractivity contribution in [3.8, 4) is 0 Å². The van der Waals surface area contributed by atoms with E-state index in [9.17, 15) is 4.79 Å². The van der Waals surface area contributed by atoms with Crippen molar-refractivity contribution in [2.24, 2.45) is 0 Å². The first-order chi connectivity index (χ1) is 7.33. The SMILES string of the molecule is CCC(=O)N1CCOC1c1ccccc1. The highest BCUT2D eigenvalue weighted by molar-refractivity contribution is 5.76. The Bertz CT molecular complexity index is 337. The summed E-state index contributed by atoms with van der Waals surface area (Å²) in [4.78, 5) is 13.4. The summed E-state index contributed by atoms with van der Waals surface area (Å²) >= 11 is 0. The molecule has 1 aromatic rings. The van der Waals surface area contributed by atoms with Crippen LogP contribution in [0.15, 0.2) is 30.3 Å². The molecule has 0 aromatic heterocycles. The molecule has 80 valence electrons. The first-order valence-electron chi connectivity index (χ1n) is 5.29. The third-order valence-electron chi connectivity index (χ3n) is 2.60. The van der Waals surface area contributed by atoms with Gasteiger partial charge in [0.15, 0.2) is 6.23 Å². The van der Waals surface area contributed by atoms with Gasteiger partial charge in [-0.15, -0.1) is 0 Å². The fraction of sp³-hybridized carbons (Fsp3) is 0.417. The van der Waals surface area contributed by atoms with Crippen molar-refractivity contribution in [1.82, 2.24) is 4.90 Å². The Morgan fingerprint density at radius 1 is 1.47 bits per heavy atom. The molecule has 0 aliphatic carbocycles. The van der Waals surface area contributed by atoms with Gasteiger partial charge in [-0.3, -0.25) is 4.79 Å². The van der Waals surface area contributed by atoms with E-state index in [1.807, 2.05) is 37.3 Å². The van der Waals surface area contributed by atoms with Crippen LogP contribution in [0.4, 0.5) is 0 Å². The molecule has 1 aliphatic heterocycles. The van der Waals surface area contributed by atoms with E-state index < -0.39 is 0 Å². The molecule has 1 fully saturated rings. The van der Waals surface area contributed by atoms with Gasteiger partial charge in [0, 0.05) is 18.5 Å². The van der Waals surface area contributed by atoms with E-state index in [1.54, 1.807) is 4.90 Å². The summed E-state index contributed by atoms with van der Waals surface area (Å²) in [5, 5.41) is 0. The van der Waals surface area contributed by atoms with Crippen LogP contribution in [0.25, 0.3) is 0 Å². The topological polar surface area (TPSA) is 29.5 Å². The number of benzene rings is 1. The second kappa shape index (κ2) is 4.45. The molecule has 0 spiro atoms. The molecule has 1 aromatic carbocycles. The lowest BCUT2D eigenvalue weighted by Gasteiger charge is -2.22. The molecule has 1 amide bonds. The van der Waals surface area contributed by atoms with Crippen LogP contribution in [-0.2, 0) is 9.53 Å². The Morgan fingerprint density at radius 2 is 2.20 bits per heavy atom. The first-order valence-corrected chi connectivity index (χ1v) is 5.29. The summed E-state index contributed by atoms with van der Waals surface area (Å²) < 4.78 is 5.58. The van der Waals surface area contributed by atoms with E-state index in [4.69, 9.17) is 4.74 Å². The number of rotatable bonds is 2. The average molecular weight is 205 g/mol. The Kier molecular flexibility index (Phi) is 3.02. The molecule has 0 saturated carbocycles. The van der Waals surface area contributed by atoms with Crippen LogP contribution in [0.1, 0.15) is 25.1 Å². The van der Waals surface area contributed by atoms with Gasteiger partial charge in [0.1, 0.15) is 0 Å². The second-order valence-electron chi connectivity index (χ2n) is 3.57. The Labute approximate surface area is 89.7 Å². The van der Waals surface area contributed by atoms with Crippen molar-refractivity contribution in [2.45, 2.75) is 19.6 Å². The summed E-state index contributed by atoms with van der Waals surface area (Å²) in [5.41, 5.74) is 1.05. The quantitative estimate of drug-likeness (QED) is 0.738. The normalized spacial score (nSPS) is 20.6. The minimum absolute atomic E-state index is 0.154. The van der Waals surface area contributed by atoms with E-state index in [2.05, 4.69) is 0 Å². The van der Waals surface area contributed by atoms with Gasteiger partial charge in [-0.2, -0.15) is 0 Å². The maximum Gasteiger partial charge on any atom is 0.224 e. The van der Waals surface area contributed by atoms with Crippen molar-refractivity contribution in [3.05, 3.63) is 35.9 Å². The first kappa shape index (κ1) is 10.2. The summed E-state index contributed by atoms with van der Waals surface area (Å²) in [6, 6.07) is 9.87. The van der Waals surface area contributed by atoms with Crippen LogP contribution >= 0.6 is 0 Å². The van der Waals surface area contributed by atoms with Crippen molar-refractivity contribution >= 4 is 5.91 Å². The van der Waals surface area contributed by atoms with Gasteiger partial charge in [0.05, 0.1) is 6.61 Å². The van der Waals surface area contributed by atoms with E-state index >= 15 is 0 Å². The van der Waals surface area contributed by atoms with E-state index in [-0.39, 0.29) is 12.1 Å². The van der Waals surface area contributed by atoms with Gasteiger partial charge in [-0.05, 0) is 0 Å². The van der Waals surface area contributed by atoms with Crippen LogP contribution in [0.3, 0.4) is 0 Å². The minimum atomic E-state index is -0.182. The van der Waals surface area contributed by atoms with Gasteiger partial charge in [-0.1, -0.05) is 37.3 Å². The predicted octanol–water partition coefficient (Wildman–Crippen LogP) is 1.95. The summed E-state index contributed by atoms with van der Waals surface area (Å²) in [5.74, 6) is 0.154. The summed E-state index contributed by atoms with van der Waals surface area (Å²) in [7, 11) is 0. The third kappa shape index (κ3) is 2.02. The lowest BCUT2D eigenvalue weighted by atomic mass is 10.2. The van der Waals surface area contributed by atoms with Gasteiger partial charge in [0.25, 0.3) is 0 Å². The second-order valence-corrected chi connectivity index (χ2v) is 3.57. The highest BCUT2D eigenvalue weighted by atomic mass is 16.5. The monoisotopic (exact) mass is 205 g/mol. The fourth-order valence-corrected chi connectivity index (χ4v) is 1.82. The number of carbonyl (C=O) groups excluding carboxylic acids is 1. The lowest BCUT2D eigenvalue weighted by Crippen LogP contribution is -2.30. The molecule has 3 heteroatoms. The molecule has 1 aliphatic rings. The largest absolute Gasteiger partial charge is 0.352 e. The Balaban J connectivity index is 2.18. The number of ether oxygens (including phenoxy) is 1. The maximum absolute atomic E-state index is 11.6. The zero-order valence-corrected chi connectivity index (χ0v) is 8.85. The highest BCUT2D eigenvalue weighted by Crippen LogP contribution is 2.26. The number of carbonyl (C=O) groups is 1. The van der Waals surface area contributed by atoms with Crippen LogP contribution in [0, 0.1) is 0 Å². The average Bonchev–Trinajstić information content (AvgIpc) is 2.78. The lowest BCUT2D eigenvalue weighted by molar-refractivity contribution is -0.136. The number of amides is 1. The standard InChI is InChI=1S/C12H15NO2/c1-2-11(14)13-8-9-15-12(13)10-6-4-3-5-7-10/h3-7,12H,2,8-9H2,1H3. The van der Waals surface area contributed by atoms with E-state index in [0.29, 0.717) is 19.6 Å². The van der Waals surface area contributed by atoms with Crippen LogP contribution in [0.5, 0.6) is 0 Å². The molecular formula is C12H15NO2. The van der Waals surface area contributed by atoms with Crippen molar-refractivity contribution in [3.63, 3.8) is 0 Å². The molecule has 0 N–H and O–H groups in total. The van der Waals surface area contributed by atoms with Crippen LogP contribution < -0.4 is 0 Å². The van der Waals surface area contributed by atoms with Gasteiger partial charge >= 0.3 is 0 Å². The number of hydrogen-bond donors (Lipinski definition) is 0. The molecule has 3 nitrogen and oxygen atoms in total. The Morgan fingerprint density at radius 3 is 2.87 bits per heavy atom. The summed E-state index contributed by atoms with van der Waals surface area (Å²) in [6.45, 7) is 3.21. The van der Waals surface area contributed by atoms with Gasteiger partial charge in [-0.25, -0.2) is 0 Å². The minimum Gasteiger partial charge on any atom is -0.352 e. The summed E-state index contributed by atoms with van der Waals surface area (Å²) in [6.07, 6.45) is 0.353. The molecule has 0 radical (unpaired) electrons. The van der Waals surface area contributed by atoms with Crippen molar-refractivity contribution < 1.29 is 9.53 Å². The molecular weight excluding hydrogens is 190 g/mol. The number of hydrogen-bond acceptors (Lipinski definition) is 2. The number of nitrogens with zero attached hydrogens (tertiary/aromatic N) is 1. The van der Waals surface area contributed by atoms with Gasteiger partial charge in [0.2, 0.25) is 5.91 Å². The highest BCUT2D eigenvalue weighted by Gasteiger charge is 2.29. The molecule has 1 atom stereocenters. The van der Waals surface area contributed by atoms with Crippen molar-refractivity contribution in [2.75, 3.05) is 13.2 Å². The van der Waals surface area contributed by atoms with E-state index in [1.165, 1.54) is 0 Å². The zero-order chi connectivity index (χ0) is 10.7. The third-order valence-corrected chi connectivity index (χ3v) is 2.60. The predicted molar refractivity (Wildman–Crippen MR) is 57.1 cm³/mol. The van der Waals surface area contributed by atoms with Crippen LogP contribution in [0.2, 0.25) is 0 Å².